The van der Waals surface area contributed by atoms with Crippen LogP contribution < -0.4 is 11.5 Å². The molecular formula is C11H12N2S. The summed E-state index contributed by atoms with van der Waals surface area (Å²) >= 11 is 1.72. The number of thiophene rings is 1. The van der Waals surface area contributed by atoms with Crippen LogP contribution in [0.4, 0.5) is 5.69 Å². The number of nitrogens with two attached hydrogens (primary N) is 2. The van der Waals surface area contributed by atoms with Crippen molar-refractivity contribution in [1.82, 2.24) is 0 Å². The molecule has 3 heteroatoms. The fourth-order valence-electron chi connectivity index (χ4n) is 1.38. The molecule has 2 nitrogen and oxygen atoms in total. The van der Waals surface area contributed by atoms with Crippen molar-refractivity contribution in [3.8, 4) is 10.4 Å². The standard InChI is InChI=1S/C11H12N2S/c12-7-9-6-8(3-4-10(9)13)11-2-1-5-14-11/h1-6H,7,12-13H2. The topological polar surface area (TPSA) is 52.0 Å². The molecule has 0 spiro atoms. The highest BCUT2D eigenvalue weighted by molar-refractivity contribution is 7.13. The summed E-state index contributed by atoms with van der Waals surface area (Å²) in [5.74, 6) is 0. The number of benzene rings is 1. The lowest BCUT2D eigenvalue weighted by Crippen LogP contribution is -2.01. The van der Waals surface area contributed by atoms with Gasteiger partial charge in [-0.05, 0) is 34.7 Å². The molecule has 0 unspecified atom stereocenters. The highest BCUT2D eigenvalue weighted by atomic mass is 32.1. The van der Waals surface area contributed by atoms with Crippen LogP contribution in [-0.2, 0) is 6.54 Å². The normalized spacial score (nSPS) is 10.4. The fraction of sp³-hybridized carbons (Fsp3) is 0.0909. The summed E-state index contributed by atoms with van der Waals surface area (Å²) in [4.78, 5) is 1.25. The minimum Gasteiger partial charge on any atom is -0.398 e. The lowest BCUT2D eigenvalue weighted by molar-refractivity contribution is 1.08. The Hall–Kier alpha value is -1.32. The molecule has 0 aliphatic heterocycles. The second-order valence-electron chi connectivity index (χ2n) is 3.10. The van der Waals surface area contributed by atoms with Gasteiger partial charge in [0.15, 0.2) is 0 Å². The van der Waals surface area contributed by atoms with E-state index in [1.54, 1.807) is 11.3 Å². The highest BCUT2D eigenvalue weighted by Crippen LogP contribution is 2.27. The highest BCUT2D eigenvalue weighted by Gasteiger charge is 2.02. The molecular weight excluding hydrogens is 192 g/mol. The maximum absolute atomic E-state index is 5.78. The SMILES string of the molecule is NCc1cc(-c2cccs2)ccc1N. The Kier molecular flexibility index (Phi) is 2.52. The Morgan fingerprint density at radius 1 is 1.21 bits per heavy atom. The zero-order valence-corrected chi connectivity index (χ0v) is 8.55. The van der Waals surface area contributed by atoms with Crippen LogP contribution in [0.25, 0.3) is 10.4 Å². The molecule has 2 aromatic rings. The van der Waals surface area contributed by atoms with Gasteiger partial charge in [-0.1, -0.05) is 12.1 Å². The van der Waals surface area contributed by atoms with E-state index in [1.807, 2.05) is 18.2 Å². The van der Waals surface area contributed by atoms with Crippen LogP contribution in [0, 0.1) is 0 Å². The monoisotopic (exact) mass is 204 g/mol. The molecule has 0 radical (unpaired) electrons. The molecule has 1 heterocycles. The van der Waals surface area contributed by atoms with Gasteiger partial charge >= 0.3 is 0 Å². The van der Waals surface area contributed by atoms with Gasteiger partial charge < -0.3 is 11.5 Å². The molecule has 0 aliphatic rings. The zero-order valence-electron chi connectivity index (χ0n) is 7.73. The van der Waals surface area contributed by atoms with E-state index in [-0.39, 0.29) is 0 Å². The predicted octanol–water partition coefficient (Wildman–Crippen LogP) is 2.46. The van der Waals surface area contributed by atoms with Gasteiger partial charge in [-0.2, -0.15) is 0 Å². The van der Waals surface area contributed by atoms with E-state index in [1.165, 1.54) is 10.4 Å². The molecule has 72 valence electrons. The van der Waals surface area contributed by atoms with Gasteiger partial charge in [0.05, 0.1) is 0 Å². The number of hydrogen-bond acceptors (Lipinski definition) is 3. The van der Waals surface area contributed by atoms with Crippen molar-refractivity contribution >= 4 is 17.0 Å². The van der Waals surface area contributed by atoms with Crippen LogP contribution in [-0.4, -0.2) is 0 Å². The fourth-order valence-corrected chi connectivity index (χ4v) is 2.10. The maximum Gasteiger partial charge on any atom is 0.0360 e. The molecule has 0 atom stereocenters. The van der Waals surface area contributed by atoms with Crippen molar-refractivity contribution in [3.05, 3.63) is 41.3 Å². The van der Waals surface area contributed by atoms with Gasteiger partial charge in [0.25, 0.3) is 0 Å². The molecule has 0 aliphatic carbocycles. The van der Waals surface area contributed by atoms with E-state index < -0.39 is 0 Å². The summed E-state index contributed by atoms with van der Waals surface area (Å²) in [6.45, 7) is 0.491. The van der Waals surface area contributed by atoms with Crippen LogP contribution >= 0.6 is 11.3 Å². The van der Waals surface area contributed by atoms with Gasteiger partial charge in [0.2, 0.25) is 0 Å². The molecule has 14 heavy (non-hydrogen) atoms. The minimum absolute atomic E-state index is 0.491. The molecule has 2 rings (SSSR count). The first kappa shape index (κ1) is 9.24. The van der Waals surface area contributed by atoms with Crippen LogP contribution in [0.1, 0.15) is 5.56 Å². The summed E-state index contributed by atoms with van der Waals surface area (Å²) in [5.41, 5.74) is 14.3. The van der Waals surface area contributed by atoms with Crippen LogP contribution in [0.3, 0.4) is 0 Å². The Morgan fingerprint density at radius 2 is 2.07 bits per heavy atom. The molecule has 1 aromatic carbocycles. The van der Waals surface area contributed by atoms with E-state index in [4.69, 9.17) is 11.5 Å². The first-order chi connectivity index (χ1) is 6.81. The third-order valence-corrected chi connectivity index (χ3v) is 3.09. The first-order valence-electron chi connectivity index (χ1n) is 4.43. The molecule has 0 amide bonds. The Labute approximate surface area is 87.2 Å². The summed E-state index contributed by atoms with van der Waals surface area (Å²) in [6.07, 6.45) is 0. The predicted molar refractivity (Wildman–Crippen MR) is 62.1 cm³/mol. The van der Waals surface area contributed by atoms with Crippen LogP contribution in [0.15, 0.2) is 35.7 Å². The molecule has 0 fully saturated rings. The van der Waals surface area contributed by atoms with Gasteiger partial charge in [0.1, 0.15) is 0 Å². The maximum atomic E-state index is 5.78. The lowest BCUT2D eigenvalue weighted by Gasteiger charge is -2.04. The van der Waals surface area contributed by atoms with Crippen LogP contribution in [0.2, 0.25) is 0 Å². The largest absolute Gasteiger partial charge is 0.398 e. The third kappa shape index (κ3) is 1.64. The van der Waals surface area contributed by atoms with Gasteiger partial charge in [0, 0.05) is 17.1 Å². The van der Waals surface area contributed by atoms with E-state index in [2.05, 4.69) is 17.5 Å². The molecule has 0 saturated heterocycles. The number of anilines is 1. The number of hydrogen-bond donors (Lipinski definition) is 2. The summed E-state index contributed by atoms with van der Waals surface area (Å²) in [6, 6.07) is 10.1. The zero-order chi connectivity index (χ0) is 9.97. The number of rotatable bonds is 2. The van der Waals surface area contributed by atoms with E-state index >= 15 is 0 Å². The van der Waals surface area contributed by atoms with Gasteiger partial charge in [-0.25, -0.2) is 0 Å². The molecule has 0 saturated carbocycles. The summed E-state index contributed by atoms with van der Waals surface area (Å²) in [5, 5.41) is 2.06. The summed E-state index contributed by atoms with van der Waals surface area (Å²) < 4.78 is 0. The first-order valence-corrected chi connectivity index (χ1v) is 5.31. The molecule has 1 aromatic heterocycles. The molecule has 4 N–H and O–H groups in total. The Morgan fingerprint density at radius 3 is 2.71 bits per heavy atom. The average molecular weight is 204 g/mol. The lowest BCUT2D eigenvalue weighted by atomic mass is 10.1. The van der Waals surface area contributed by atoms with E-state index in [0.29, 0.717) is 6.54 Å². The van der Waals surface area contributed by atoms with Crippen molar-refractivity contribution < 1.29 is 0 Å². The van der Waals surface area contributed by atoms with Crippen molar-refractivity contribution in [3.63, 3.8) is 0 Å². The van der Waals surface area contributed by atoms with E-state index in [0.717, 1.165) is 11.3 Å². The second-order valence-corrected chi connectivity index (χ2v) is 4.04. The minimum atomic E-state index is 0.491. The summed E-state index contributed by atoms with van der Waals surface area (Å²) in [7, 11) is 0. The average Bonchev–Trinajstić information content (AvgIpc) is 2.71. The van der Waals surface area contributed by atoms with Crippen molar-refractivity contribution in [2.45, 2.75) is 6.54 Å². The van der Waals surface area contributed by atoms with Crippen molar-refractivity contribution in [2.24, 2.45) is 5.73 Å². The Bertz CT molecular complexity index is 421. The second kappa shape index (κ2) is 3.82. The third-order valence-electron chi connectivity index (χ3n) is 2.17. The molecule has 0 bridgehead atoms. The van der Waals surface area contributed by atoms with Gasteiger partial charge in [-0.15, -0.1) is 11.3 Å². The quantitative estimate of drug-likeness (QED) is 0.738. The van der Waals surface area contributed by atoms with Crippen molar-refractivity contribution in [1.29, 1.82) is 0 Å². The Balaban J connectivity index is 2.46. The van der Waals surface area contributed by atoms with E-state index in [9.17, 15) is 0 Å². The van der Waals surface area contributed by atoms with Gasteiger partial charge in [-0.3, -0.25) is 0 Å². The number of nitrogen functional groups attached to an aromatic ring is 1. The smallest absolute Gasteiger partial charge is 0.0360 e. The van der Waals surface area contributed by atoms with Crippen LogP contribution in [0.5, 0.6) is 0 Å². The van der Waals surface area contributed by atoms with Crippen molar-refractivity contribution in [2.75, 3.05) is 5.73 Å².